The molecule has 7 heteroatoms. The number of amides is 1. The smallest absolute Gasteiger partial charge is 0.407 e. The van der Waals surface area contributed by atoms with Crippen molar-refractivity contribution in [3.63, 3.8) is 0 Å². The number of carbonyl (C=O) groups excluding carboxylic acids is 1. The molecule has 0 spiro atoms. The Morgan fingerprint density at radius 1 is 1.11 bits per heavy atom. The average molecular weight is 519 g/mol. The second-order valence-corrected chi connectivity index (χ2v) is 10.4. The van der Waals surface area contributed by atoms with Gasteiger partial charge >= 0.3 is 6.09 Å². The molecule has 0 unspecified atom stereocenters. The molecular formula is C30H34N2O4S. The van der Waals surface area contributed by atoms with Gasteiger partial charge in [-0.25, -0.2) is 4.79 Å². The zero-order valence-corrected chi connectivity index (χ0v) is 22.3. The number of alkyl carbamates (subject to hydrolysis) is 1. The van der Waals surface area contributed by atoms with E-state index in [9.17, 15) is 4.79 Å². The largest absolute Gasteiger partial charge is 0.497 e. The van der Waals surface area contributed by atoms with Gasteiger partial charge in [-0.1, -0.05) is 60.3 Å². The lowest BCUT2D eigenvalue weighted by Gasteiger charge is -2.40. The van der Waals surface area contributed by atoms with Crippen molar-refractivity contribution in [3.05, 3.63) is 100 Å². The lowest BCUT2D eigenvalue weighted by atomic mass is 9.66. The van der Waals surface area contributed by atoms with E-state index in [4.69, 9.17) is 14.3 Å². The van der Waals surface area contributed by atoms with Gasteiger partial charge in [0.15, 0.2) is 0 Å². The van der Waals surface area contributed by atoms with E-state index in [0.29, 0.717) is 18.7 Å². The molecule has 37 heavy (non-hydrogen) atoms. The Balaban J connectivity index is 1.39. The van der Waals surface area contributed by atoms with Crippen molar-refractivity contribution in [1.82, 2.24) is 5.32 Å². The number of nitrogens with one attached hydrogen (secondary N) is 1. The van der Waals surface area contributed by atoms with Crippen LogP contribution in [0.4, 0.5) is 4.79 Å². The minimum atomic E-state index is -0.367. The second-order valence-electron chi connectivity index (χ2n) is 9.32. The molecule has 1 N–H and O–H groups in total. The first-order valence-corrected chi connectivity index (χ1v) is 13.4. The molecule has 1 amide bonds. The number of ether oxygens (including phenoxy) is 2. The molecule has 0 aliphatic heterocycles. The normalized spacial score (nSPS) is 19.6. The Labute approximate surface area is 223 Å². The molecule has 0 radical (unpaired) electrons. The topological polar surface area (TPSA) is 69.1 Å². The summed E-state index contributed by atoms with van der Waals surface area (Å²) in [5.41, 5.74) is 2.85. The first kappa shape index (κ1) is 26.5. The number of benzene rings is 2. The fourth-order valence-corrected chi connectivity index (χ4v) is 5.49. The molecule has 1 aliphatic carbocycles. The molecule has 4 rings (SSSR count). The number of rotatable bonds is 10. The van der Waals surface area contributed by atoms with E-state index in [1.165, 1.54) is 5.56 Å². The average Bonchev–Trinajstić information content (AvgIpc) is 3.45. The summed E-state index contributed by atoms with van der Waals surface area (Å²) in [6, 6.07) is 22.2. The Morgan fingerprint density at radius 2 is 1.89 bits per heavy atom. The van der Waals surface area contributed by atoms with E-state index < -0.39 is 0 Å². The van der Waals surface area contributed by atoms with Crippen LogP contribution in [0.25, 0.3) is 0 Å². The van der Waals surface area contributed by atoms with Crippen LogP contribution in [0.15, 0.2) is 89.6 Å². The number of hydrogen-bond acceptors (Lipinski definition) is 6. The zero-order valence-electron chi connectivity index (χ0n) is 21.4. The maximum atomic E-state index is 12.3. The van der Waals surface area contributed by atoms with E-state index in [2.05, 4.69) is 29.2 Å². The van der Waals surface area contributed by atoms with Gasteiger partial charge in [-0.15, -0.1) is 11.3 Å². The van der Waals surface area contributed by atoms with E-state index >= 15 is 0 Å². The first-order chi connectivity index (χ1) is 18.0. The quantitative estimate of drug-likeness (QED) is 0.178. The van der Waals surface area contributed by atoms with Crippen LogP contribution in [-0.2, 0) is 28.0 Å². The summed E-state index contributed by atoms with van der Waals surface area (Å²) in [6.45, 7) is 6.57. The number of allylic oxidation sites excluding steroid dienone is 1. The molecule has 1 saturated carbocycles. The van der Waals surface area contributed by atoms with E-state index in [-0.39, 0.29) is 17.6 Å². The maximum Gasteiger partial charge on any atom is 0.407 e. The molecule has 1 aromatic heterocycles. The third kappa shape index (κ3) is 7.01. The Morgan fingerprint density at radius 3 is 2.59 bits per heavy atom. The van der Waals surface area contributed by atoms with Crippen LogP contribution in [0.5, 0.6) is 5.75 Å². The zero-order chi connectivity index (χ0) is 26.1. The highest BCUT2D eigenvalue weighted by molar-refractivity contribution is 7.09. The maximum absolute atomic E-state index is 12.3. The highest BCUT2D eigenvalue weighted by Gasteiger charge is 2.41. The van der Waals surface area contributed by atoms with Crippen LogP contribution >= 0.6 is 11.3 Å². The van der Waals surface area contributed by atoms with Crippen molar-refractivity contribution in [1.29, 1.82) is 0 Å². The summed E-state index contributed by atoms with van der Waals surface area (Å²) in [4.78, 5) is 19.2. The SMILES string of the molecule is C=C(Cc1cccc(OC)c1)O/N=C(\C)C1(c2ccccc2)CCC(OC(=O)NCc2cccs2)CC1. The van der Waals surface area contributed by atoms with Gasteiger partial charge in [-0.2, -0.15) is 0 Å². The van der Waals surface area contributed by atoms with Crippen molar-refractivity contribution in [2.45, 2.75) is 57.1 Å². The minimum absolute atomic E-state index is 0.128. The van der Waals surface area contributed by atoms with Gasteiger partial charge in [0, 0.05) is 16.7 Å². The molecule has 1 aliphatic rings. The van der Waals surface area contributed by atoms with Crippen molar-refractivity contribution in [2.24, 2.45) is 5.16 Å². The van der Waals surface area contributed by atoms with Gasteiger partial charge in [0.1, 0.15) is 17.6 Å². The number of thiophene rings is 1. The third-order valence-corrected chi connectivity index (χ3v) is 7.79. The highest BCUT2D eigenvalue weighted by Crippen LogP contribution is 2.42. The lowest BCUT2D eigenvalue weighted by Crippen LogP contribution is -2.41. The third-order valence-electron chi connectivity index (χ3n) is 6.91. The van der Waals surface area contributed by atoms with Gasteiger partial charge in [0.05, 0.1) is 19.4 Å². The molecule has 2 aromatic carbocycles. The van der Waals surface area contributed by atoms with E-state index in [1.54, 1.807) is 18.4 Å². The number of oxime groups is 1. The fraction of sp³-hybridized carbons (Fsp3) is 0.333. The second kappa shape index (κ2) is 12.6. The molecular weight excluding hydrogens is 484 g/mol. The van der Waals surface area contributed by atoms with Crippen LogP contribution in [0, 0.1) is 0 Å². The molecule has 0 atom stereocenters. The molecule has 0 saturated heterocycles. The first-order valence-electron chi connectivity index (χ1n) is 12.5. The van der Waals surface area contributed by atoms with Crippen molar-refractivity contribution < 1.29 is 19.1 Å². The van der Waals surface area contributed by atoms with Gasteiger partial charge < -0.3 is 19.6 Å². The van der Waals surface area contributed by atoms with Crippen LogP contribution in [0.2, 0.25) is 0 Å². The molecule has 0 bridgehead atoms. The number of hydrogen-bond donors (Lipinski definition) is 1. The predicted octanol–water partition coefficient (Wildman–Crippen LogP) is 7.01. The summed E-state index contributed by atoms with van der Waals surface area (Å²) in [6.07, 6.45) is 3.16. The van der Waals surface area contributed by atoms with Gasteiger partial charge in [-0.3, -0.25) is 0 Å². The molecule has 194 valence electrons. The van der Waals surface area contributed by atoms with Crippen LogP contribution in [0.1, 0.15) is 48.6 Å². The summed E-state index contributed by atoms with van der Waals surface area (Å²) in [5, 5.41) is 9.40. The van der Waals surface area contributed by atoms with Crippen molar-refractivity contribution >= 4 is 23.1 Å². The molecule has 1 heterocycles. The van der Waals surface area contributed by atoms with E-state index in [0.717, 1.165) is 47.6 Å². The summed E-state index contributed by atoms with van der Waals surface area (Å²) < 4.78 is 11.0. The number of nitrogens with zero attached hydrogens (tertiary/aromatic N) is 1. The van der Waals surface area contributed by atoms with Crippen molar-refractivity contribution in [2.75, 3.05) is 7.11 Å². The predicted molar refractivity (Wildman–Crippen MR) is 148 cm³/mol. The van der Waals surface area contributed by atoms with Crippen LogP contribution in [0.3, 0.4) is 0 Å². The summed E-state index contributed by atoms with van der Waals surface area (Å²) in [5.74, 6) is 1.36. The van der Waals surface area contributed by atoms with Crippen LogP contribution in [-0.4, -0.2) is 25.0 Å². The standard InChI is InChI=1S/C30H34N2O4S/c1-22(19-24-9-7-12-27(20-24)34-3)36-32-23(2)30(25-10-5-4-6-11-25)16-14-26(15-17-30)35-29(33)31-21-28-13-8-18-37-28/h4-13,18,20,26H,1,14-17,19,21H2,2-3H3,(H,31,33)/b32-23+. The highest BCUT2D eigenvalue weighted by atomic mass is 32.1. The fourth-order valence-electron chi connectivity index (χ4n) is 4.85. The minimum Gasteiger partial charge on any atom is -0.497 e. The Bertz CT molecular complexity index is 1200. The molecule has 1 fully saturated rings. The molecule has 6 nitrogen and oxygen atoms in total. The van der Waals surface area contributed by atoms with Crippen LogP contribution < -0.4 is 10.1 Å². The lowest BCUT2D eigenvalue weighted by molar-refractivity contribution is 0.0651. The van der Waals surface area contributed by atoms with Gasteiger partial charge in [-0.05, 0) is 67.3 Å². The van der Waals surface area contributed by atoms with Gasteiger partial charge in [0.25, 0.3) is 0 Å². The monoisotopic (exact) mass is 518 g/mol. The van der Waals surface area contributed by atoms with Crippen molar-refractivity contribution in [3.8, 4) is 5.75 Å². The molecule has 3 aromatic rings. The summed E-state index contributed by atoms with van der Waals surface area (Å²) >= 11 is 1.61. The summed E-state index contributed by atoms with van der Waals surface area (Å²) in [7, 11) is 1.65. The van der Waals surface area contributed by atoms with Gasteiger partial charge in [0.2, 0.25) is 0 Å². The number of carbonyl (C=O) groups is 1. The van der Waals surface area contributed by atoms with E-state index in [1.807, 2.05) is 66.9 Å². The Kier molecular flexibility index (Phi) is 9.01. The number of methoxy groups -OCH3 is 1. The Hall–Kier alpha value is -3.58.